The maximum Gasteiger partial charge on any atom is 0.389 e. The lowest BCUT2D eigenvalue weighted by atomic mass is 10.1. The Morgan fingerprint density at radius 3 is 2.67 bits per heavy atom. The van der Waals surface area contributed by atoms with Crippen LogP contribution in [-0.2, 0) is 11.2 Å². The van der Waals surface area contributed by atoms with Crippen molar-refractivity contribution in [1.82, 2.24) is 4.98 Å². The van der Waals surface area contributed by atoms with E-state index in [1.807, 2.05) is 0 Å². The van der Waals surface area contributed by atoms with E-state index in [1.54, 1.807) is 18.3 Å². The van der Waals surface area contributed by atoms with E-state index < -0.39 is 24.8 Å². The quantitative estimate of drug-likeness (QED) is 0.775. The molecular formula is C10H10F3NO. The molecule has 0 spiro atoms. The Bertz CT molecular complexity index is 321. The van der Waals surface area contributed by atoms with E-state index in [0.29, 0.717) is 5.56 Å². The van der Waals surface area contributed by atoms with Gasteiger partial charge in [-0.25, -0.2) is 0 Å². The van der Waals surface area contributed by atoms with Crippen molar-refractivity contribution in [2.75, 3.05) is 0 Å². The molecule has 82 valence electrons. The normalized spacial score (nSPS) is 11.4. The molecule has 0 fully saturated rings. The van der Waals surface area contributed by atoms with Crippen LogP contribution in [0.4, 0.5) is 13.2 Å². The highest BCUT2D eigenvalue weighted by atomic mass is 19.4. The number of halogens is 3. The topological polar surface area (TPSA) is 30.0 Å². The Labute approximate surface area is 85.1 Å². The van der Waals surface area contributed by atoms with Gasteiger partial charge in [-0.3, -0.25) is 9.78 Å². The minimum atomic E-state index is -4.26. The molecule has 5 heteroatoms. The molecule has 1 aromatic rings. The van der Waals surface area contributed by atoms with Gasteiger partial charge in [0.1, 0.15) is 5.78 Å². The van der Waals surface area contributed by atoms with E-state index in [2.05, 4.69) is 4.98 Å². The predicted molar refractivity (Wildman–Crippen MR) is 48.2 cm³/mol. The third-order valence-corrected chi connectivity index (χ3v) is 1.81. The summed E-state index contributed by atoms with van der Waals surface area (Å²) in [6, 6.07) is 3.31. The summed E-state index contributed by atoms with van der Waals surface area (Å²) in [7, 11) is 0. The lowest BCUT2D eigenvalue weighted by Gasteiger charge is -2.04. The van der Waals surface area contributed by atoms with Crippen LogP contribution in [0.2, 0.25) is 0 Å². The predicted octanol–water partition coefficient (Wildman–Crippen LogP) is 2.54. The Morgan fingerprint density at radius 1 is 1.40 bits per heavy atom. The van der Waals surface area contributed by atoms with Crippen LogP contribution in [-0.4, -0.2) is 16.9 Å². The average molecular weight is 217 g/mol. The van der Waals surface area contributed by atoms with Crippen molar-refractivity contribution >= 4 is 5.78 Å². The van der Waals surface area contributed by atoms with Crippen molar-refractivity contribution in [3.63, 3.8) is 0 Å². The highest BCUT2D eigenvalue weighted by molar-refractivity contribution is 5.80. The minimum absolute atomic E-state index is 0.0178. The first kappa shape index (κ1) is 11.7. The number of carbonyl (C=O) groups is 1. The van der Waals surface area contributed by atoms with Gasteiger partial charge in [0.15, 0.2) is 0 Å². The van der Waals surface area contributed by atoms with E-state index >= 15 is 0 Å². The average Bonchev–Trinajstić information content (AvgIpc) is 2.15. The number of hydrogen-bond acceptors (Lipinski definition) is 2. The van der Waals surface area contributed by atoms with Gasteiger partial charge in [0.25, 0.3) is 0 Å². The maximum absolute atomic E-state index is 11.8. The molecule has 0 aliphatic heterocycles. The van der Waals surface area contributed by atoms with Gasteiger partial charge < -0.3 is 0 Å². The summed E-state index contributed by atoms with van der Waals surface area (Å²) in [6.45, 7) is 0. The van der Waals surface area contributed by atoms with Crippen molar-refractivity contribution in [3.05, 3.63) is 30.1 Å². The molecule has 0 aliphatic rings. The van der Waals surface area contributed by atoms with Gasteiger partial charge in [-0.1, -0.05) is 6.07 Å². The summed E-state index contributed by atoms with van der Waals surface area (Å²) in [5.41, 5.74) is 0.643. The number of aromatic nitrogens is 1. The highest BCUT2D eigenvalue weighted by Gasteiger charge is 2.27. The van der Waals surface area contributed by atoms with Crippen LogP contribution >= 0.6 is 0 Å². The lowest BCUT2D eigenvalue weighted by Crippen LogP contribution is -2.12. The third-order valence-electron chi connectivity index (χ3n) is 1.81. The summed E-state index contributed by atoms with van der Waals surface area (Å²) < 4.78 is 35.4. The zero-order chi connectivity index (χ0) is 11.3. The van der Waals surface area contributed by atoms with Crippen molar-refractivity contribution in [3.8, 4) is 0 Å². The molecule has 1 heterocycles. The molecule has 2 nitrogen and oxygen atoms in total. The Balaban J connectivity index is 2.38. The molecule has 0 atom stereocenters. The van der Waals surface area contributed by atoms with Crippen LogP contribution in [0.1, 0.15) is 18.4 Å². The van der Waals surface area contributed by atoms with Gasteiger partial charge in [0, 0.05) is 25.2 Å². The Hall–Kier alpha value is -1.39. The smallest absolute Gasteiger partial charge is 0.299 e. The van der Waals surface area contributed by atoms with Crippen LogP contribution < -0.4 is 0 Å². The molecule has 0 radical (unpaired) electrons. The van der Waals surface area contributed by atoms with Crippen LogP contribution in [0.3, 0.4) is 0 Å². The molecule has 0 saturated carbocycles. The second-order valence-corrected chi connectivity index (χ2v) is 3.19. The van der Waals surface area contributed by atoms with E-state index in [9.17, 15) is 18.0 Å². The summed E-state index contributed by atoms with van der Waals surface area (Å²) in [6.07, 6.45) is -2.73. The molecule has 0 amide bonds. The van der Waals surface area contributed by atoms with Crippen LogP contribution in [0, 0.1) is 0 Å². The lowest BCUT2D eigenvalue weighted by molar-refractivity contribution is -0.143. The molecule has 1 aromatic heterocycles. The molecule has 1 rings (SSSR count). The number of nitrogens with zero attached hydrogens (tertiary/aromatic N) is 1. The molecule has 0 N–H and O–H groups in total. The van der Waals surface area contributed by atoms with Gasteiger partial charge in [-0.05, 0) is 11.6 Å². The van der Waals surface area contributed by atoms with E-state index in [1.165, 1.54) is 6.20 Å². The van der Waals surface area contributed by atoms with E-state index in [0.717, 1.165) is 0 Å². The molecule has 15 heavy (non-hydrogen) atoms. The van der Waals surface area contributed by atoms with Crippen LogP contribution in [0.25, 0.3) is 0 Å². The second-order valence-electron chi connectivity index (χ2n) is 3.19. The standard InChI is InChI=1S/C10H10F3NO/c11-10(12,13)4-3-9(15)6-8-2-1-5-14-7-8/h1-2,5,7H,3-4,6H2. The van der Waals surface area contributed by atoms with Gasteiger partial charge in [0.05, 0.1) is 6.42 Å². The first-order chi connectivity index (χ1) is 6.97. The summed E-state index contributed by atoms with van der Waals surface area (Å²) in [5.74, 6) is -0.416. The Morgan fingerprint density at radius 2 is 2.13 bits per heavy atom. The molecule has 0 bridgehead atoms. The third kappa shape index (κ3) is 5.15. The molecule has 0 aromatic carbocycles. The Kier molecular flexibility index (Phi) is 3.82. The number of ketones is 1. The number of hydrogen-bond donors (Lipinski definition) is 0. The second kappa shape index (κ2) is 4.91. The fraction of sp³-hybridized carbons (Fsp3) is 0.400. The van der Waals surface area contributed by atoms with Crippen molar-refractivity contribution in [2.45, 2.75) is 25.4 Å². The van der Waals surface area contributed by atoms with Gasteiger partial charge >= 0.3 is 6.18 Å². The molecule has 0 saturated heterocycles. The number of rotatable bonds is 4. The molecular weight excluding hydrogens is 207 g/mol. The fourth-order valence-corrected chi connectivity index (χ4v) is 1.10. The largest absolute Gasteiger partial charge is 0.389 e. The number of carbonyl (C=O) groups excluding carboxylic acids is 1. The minimum Gasteiger partial charge on any atom is -0.299 e. The van der Waals surface area contributed by atoms with Crippen LogP contribution in [0.15, 0.2) is 24.5 Å². The number of pyridine rings is 1. The zero-order valence-electron chi connectivity index (χ0n) is 7.92. The number of Topliss-reactive ketones (excluding diaryl/α,β-unsaturated/α-hetero) is 1. The van der Waals surface area contributed by atoms with E-state index in [4.69, 9.17) is 0 Å². The first-order valence-corrected chi connectivity index (χ1v) is 4.45. The summed E-state index contributed by atoms with van der Waals surface area (Å²) in [4.78, 5) is 14.9. The van der Waals surface area contributed by atoms with E-state index in [-0.39, 0.29) is 6.42 Å². The van der Waals surface area contributed by atoms with Crippen LogP contribution in [0.5, 0.6) is 0 Å². The van der Waals surface area contributed by atoms with Crippen molar-refractivity contribution in [2.24, 2.45) is 0 Å². The fourth-order valence-electron chi connectivity index (χ4n) is 1.10. The first-order valence-electron chi connectivity index (χ1n) is 4.45. The summed E-state index contributed by atoms with van der Waals surface area (Å²) in [5, 5.41) is 0. The molecule has 0 unspecified atom stereocenters. The highest BCUT2D eigenvalue weighted by Crippen LogP contribution is 2.21. The monoisotopic (exact) mass is 217 g/mol. The van der Waals surface area contributed by atoms with Gasteiger partial charge in [-0.2, -0.15) is 13.2 Å². The number of alkyl halides is 3. The summed E-state index contributed by atoms with van der Waals surface area (Å²) >= 11 is 0. The van der Waals surface area contributed by atoms with Gasteiger partial charge in [-0.15, -0.1) is 0 Å². The zero-order valence-corrected chi connectivity index (χ0v) is 7.92. The molecule has 0 aliphatic carbocycles. The SMILES string of the molecule is O=C(CCC(F)(F)F)Cc1cccnc1. The van der Waals surface area contributed by atoms with Crippen molar-refractivity contribution in [1.29, 1.82) is 0 Å². The van der Waals surface area contributed by atoms with Crippen molar-refractivity contribution < 1.29 is 18.0 Å². The van der Waals surface area contributed by atoms with Gasteiger partial charge in [0.2, 0.25) is 0 Å². The maximum atomic E-state index is 11.8.